The molecule has 0 aliphatic carbocycles. The molecule has 88 valence electrons. The molecular formula is C11H17N3OS. The maximum atomic E-state index is 11.5. The van der Waals surface area contributed by atoms with E-state index in [2.05, 4.69) is 27.0 Å². The Hall–Kier alpha value is -0.910. The van der Waals surface area contributed by atoms with Crippen LogP contribution < -0.4 is 11.1 Å². The molecule has 1 aliphatic rings. The Kier molecular flexibility index (Phi) is 3.93. The van der Waals surface area contributed by atoms with Crippen molar-refractivity contribution in [3.05, 3.63) is 22.4 Å². The third-order valence-corrected chi connectivity index (χ3v) is 3.58. The van der Waals surface area contributed by atoms with Crippen molar-refractivity contribution in [1.82, 2.24) is 10.2 Å². The van der Waals surface area contributed by atoms with Crippen molar-refractivity contribution >= 4 is 17.2 Å². The summed E-state index contributed by atoms with van der Waals surface area (Å²) in [6.07, 6.45) is 0.992. The molecule has 0 aromatic carbocycles. The lowest BCUT2D eigenvalue weighted by Gasteiger charge is -2.28. The van der Waals surface area contributed by atoms with Gasteiger partial charge in [-0.05, 0) is 28.8 Å². The maximum absolute atomic E-state index is 11.5. The van der Waals surface area contributed by atoms with Crippen LogP contribution in [-0.2, 0) is 4.79 Å². The van der Waals surface area contributed by atoms with Crippen LogP contribution in [0, 0.1) is 0 Å². The summed E-state index contributed by atoms with van der Waals surface area (Å²) < 4.78 is 0. The molecule has 0 saturated carbocycles. The van der Waals surface area contributed by atoms with Crippen LogP contribution >= 0.6 is 11.3 Å². The lowest BCUT2D eigenvalue weighted by molar-refractivity contribution is -0.121. The summed E-state index contributed by atoms with van der Waals surface area (Å²) in [5.41, 5.74) is 7.05. The summed E-state index contributed by atoms with van der Waals surface area (Å²) >= 11 is 1.67. The normalized spacial score (nSPS) is 20.2. The second-order valence-electron chi connectivity index (χ2n) is 3.98. The van der Waals surface area contributed by atoms with Gasteiger partial charge in [0.05, 0.1) is 6.54 Å². The molecular weight excluding hydrogens is 222 g/mol. The second-order valence-corrected chi connectivity index (χ2v) is 4.76. The van der Waals surface area contributed by atoms with E-state index in [-0.39, 0.29) is 11.9 Å². The molecule has 5 heteroatoms. The van der Waals surface area contributed by atoms with E-state index < -0.39 is 0 Å². The molecule has 2 heterocycles. The zero-order valence-electron chi connectivity index (χ0n) is 9.19. The average molecular weight is 239 g/mol. The zero-order valence-corrected chi connectivity index (χ0v) is 10.0. The minimum atomic E-state index is 0.103. The standard InChI is InChI=1S/C11H17N3OS/c12-6-10(9-2-5-16-8-9)14-4-1-3-13-11(15)7-14/h2,5,8,10H,1,3-4,6-7,12H2,(H,13,15). The summed E-state index contributed by atoms with van der Waals surface area (Å²) in [5.74, 6) is 0.103. The highest BCUT2D eigenvalue weighted by Crippen LogP contribution is 2.22. The Balaban J connectivity index is 2.10. The number of carbonyl (C=O) groups is 1. The molecule has 3 N–H and O–H groups in total. The van der Waals surface area contributed by atoms with Gasteiger partial charge in [0, 0.05) is 25.7 Å². The van der Waals surface area contributed by atoms with E-state index in [1.165, 1.54) is 5.56 Å². The topological polar surface area (TPSA) is 58.4 Å². The summed E-state index contributed by atoms with van der Waals surface area (Å²) in [7, 11) is 0. The maximum Gasteiger partial charge on any atom is 0.234 e. The highest BCUT2D eigenvalue weighted by atomic mass is 32.1. The summed E-state index contributed by atoms with van der Waals surface area (Å²) in [5, 5.41) is 7.04. The van der Waals surface area contributed by atoms with Crippen LogP contribution in [0.2, 0.25) is 0 Å². The number of rotatable bonds is 3. The van der Waals surface area contributed by atoms with Crippen molar-refractivity contribution in [2.45, 2.75) is 12.5 Å². The van der Waals surface area contributed by atoms with Gasteiger partial charge in [0.15, 0.2) is 0 Å². The minimum Gasteiger partial charge on any atom is -0.355 e. The van der Waals surface area contributed by atoms with Crippen molar-refractivity contribution in [2.75, 3.05) is 26.2 Å². The largest absolute Gasteiger partial charge is 0.355 e. The molecule has 0 radical (unpaired) electrons. The summed E-state index contributed by atoms with van der Waals surface area (Å²) in [4.78, 5) is 13.7. The Bertz CT molecular complexity index is 339. The molecule has 2 rings (SSSR count). The van der Waals surface area contributed by atoms with E-state index in [4.69, 9.17) is 5.73 Å². The fraction of sp³-hybridized carbons (Fsp3) is 0.545. The summed E-state index contributed by atoms with van der Waals surface area (Å²) in [6.45, 7) is 2.72. The smallest absolute Gasteiger partial charge is 0.234 e. The molecule has 1 unspecified atom stereocenters. The first kappa shape index (κ1) is 11.6. The minimum absolute atomic E-state index is 0.103. The van der Waals surface area contributed by atoms with Crippen LogP contribution in [0.4, 0.5) is 0 Å². The van der Waals surface area contributed by atoms with E-state index in [9.17, 15) is 4.79 Å². The average Bonchev–Trinajstić information content (AvgIpc) is 2.70. The molecule has 1 atom stereocenters. The molecule has 1 aromatic heterocycles. The van der Waals surface area contributed by atoms with Crippen LogP contribution in [0.1, 0.15) is 18.0 Å². The molecule has 1 aromatic rings. The first-order valence-corrected chi connectivity index (χ1v) is 6.48. The van der Waals surface area contributed by atoms with Crippen molar-refractivity contribution in [3.63, 3.8) is 0 Å². The number of hydrogen-bond acceptors (Lipinski definition) is 4. The van der Waals surface area contributed by atoms with Crippen molar-refractivity contribution < 1.29 is 4.79 Å². The Morgan fingerprint density at radius 1 is 1.62 bits per heavy atom. The number of amides is 1. The number of carbonyl (C=O) groups excluding carboxylic acids is 1. The third-order valence-electron chi connectivity index (χ3n) is 2.88. The number of nitrogens with one attached hydrogen (secondary N) is 1. The lowest BCUT2D eigenvalue weighted by Crippen LogP contribution is -2.38. The molecule has 1 amide bonds. The van der Waals surface area contributed by atoms with Gasteiger partial charge < -0.3 is 11.1 Å². The fourth-order valence-corrected chi connectivity index (χ4v) is 2.76. The van der Waals surface area contributed by atoms with E-state index >= 15 is 0 Å². The first-order valence-electron chi connectivity index (χ1n) is 5.54. The lowest BCUT2D eigenvalue weighted by atomic mass is 10.1. The van der Waals surface area contributed by atoms with Crippen LogP contribution in [0.15, 0.2) is 16.8 Å². The predicted molar refractivity (Wildman–Crippen MR) is 65.3 cm³/mol. The van der Waals surface area contributed by atoms with Gasteiger partial charge in [0.25, 0.3) is 0 Å². The number of nitrogens with two attached hydrogens (primary N) is 1. The second kappa shape index (κ2) is 5.43. The van der Waals surface area contributed by atoms with Gasteiger partial charge in [-0.3, -0.25) is 9.69 Å². The van der Waals surface area contributed by atoms with Crippen LogP contribution in [0.3, 0.4) is 0 Å². The van der Waals surface area contributed by atoms with E-state index in [0.29, 0.717) is 13.1 Å². The van der Waals surface area contributed by atoms with Gasteiger partial charge in [0.2, 0.25) is 5.91 Å². The van der Waals surface area contributed by atoms with Gasteiger partial charge >= 0.3 is 0 Å². The number of thiophene rings is 1. The number of nitrogens with zero attached hydrogens (tertiary/aromatic N) is 1. The van der Waals surface area contributed by atoms with Crippen LogP contribution in [0.25, 0.3) is 0 Å². The fourth-order valence-electron chi connectivity index (χ4n) is 2.06. The molecule has 1 saturated heterocycles. The number of hydrogen-bond donors (Lipinski definition) is 2. The van der Waals surface area contributed by atoms with Gasteiger partial charge in [-0.2, -0.15) is 11.3 Å². The Morgan fingerprint density at radius 2 is 2.50 bits per heavy atom. The van der Waals surface area contributed by atoms with Crippen LogP contribution in [-0.4, -0.2) is 37.0 Å². The van der Waals surface area contributed by atoms with E-state index in [0.717, 1.165) is 19.5 Å². The van der Waals surface area contributed by atoms with E-state index in [1.807, 2.05) is 0 Å². The highest BCUT2D eigenvalue weighted by molar-refractivity contribution is 7.07. The molecule has 1 fully saturated rings. The van der Waals surface area contributed by atoms with Crippen molar-refractivity contribution in [2.24, 2.45) is 5.73 Å². The summed E-state index contributed by atoms with van der Waals surface area (Å²) in [6, 6.07) is 2.26. The molecule has 1 aliphatic heterocycles. The van der Waals surface area contributed by atoms with Gasteiger partial charge in [-0.1, -0.05) is 0 Å². The first-order chi connectivity index (χ1) is 7.81. The van der Waals surface area contributed by atoms with Gasteiger partial charge in [-0.15, -0.1) is 0 Å². The molecule has 0 spiro atoms. The van der Waals surface area contributed by atoms with Gasteiger partial charge in [0.1, 0.15) is 0 Å². The van der Waals surface area contributed by atoms with Crippen molar-refractivity contribution in [3.8, 4) is 0 Å². The third kappa shape index (κ3) is 2.61. The monoisotopic (exact) mass is 239 g/mol. The quantitative estimate of drug-likeness (QED) is 0.811. The van der Waals surface area contributed by atoms with Gasteiger partial charge in [-0.25, -0.2) is 0 Å². The Morgan fingerprint density at radius 3 is 3.19 bits per heavy atom. The molecule has 0 bridgehead atoms. The van der Waals surface area contributed by atoms with Crippen LogP contribution in [0.5, 0.6) is 0 Å². The Labute approximate surface area is 99.4 Å². The SMILES string of the molecule is NCC(c1ccsc1)N1CCCNC(=O)C1. The van der Waals surface area contributed by atoms with Crippen molar-refractivity contribution in [1.29, 1.82) is 0 Å². The molecule has 4 nitrogen and oxygen atoms in total. The highest BCUT2D eigenvalue weighted by Gasteiger charge is 2.23. The zero-order chi connectivity index (χ0) is 11.4. The molecule has 16 heavy (non-hydrogen) atoms. The predicted octanol–water partition coefficient (Wildman–Crippen LogP) is 0.570. The van der Waals surface area contributed by atoms with E-state index in [1.54, 1.807) is 11.3 Å².